The second kappa shape index (κ2) is 35.9. The van der Waals surface area contributed by atoms with Crippen LogP contribution in [-0.4, -0.2) is 226 Å². The minimum Gasteiger partial charge on any atom is -0.391 e. The predicted molar refractivity (Wildman–Crippen MR) is 337 cm³/mol. The van der Waals surface area contributed by atoms with Crippen LogP contribution >= 0.6 is 0 Å². The summed E-state index contributed by atoms with van der Waals surface area (Å²) in [6, 6.07) is -13.1. The van der Waals surface area contributed by atoms with E-state index < -0.39 is 156 Å². The molecule has 0 unspecified atom stereocenters. The van der Waals surface area contributed by atoms with E-state index in [1.54, 1.807) is 39.8 Å². The molecule has 0 bridgehead atoms. The lowest BCUT2D eigenvalue weighted by Crippen LogP contribution is -2.64. The highest BCUT2D eigenvalue weighted by molar-refractivity contribution is 5.99. The summed E-state index contributed by atoms with van der Waals surface area (Å²) in [7, 11) is 8.28. The van der Waals surface area contributed by atoms with Gasteiger partial charge in [0.15, 0.2) is 0 Å². The third-order valence-corrected chi connectivity index (χ3v) is 17.1. The third kappa shape index (κ3) is 22.1. The summed E-state index contributed by atoms with van der Waals surface area (Å²) in [6.07, 6.45) is 4.73. The fourth-order valence-electron chi connectivity index (χ4n) is 11.9. The van der Waals surface area contributed by atoms with E-state index in [1.165, 1.54) is 82.7 Å². The zero-order valence-corrected chi connectivity index (χ0v) is 57.0. The largest absolute Gasteiger partial charge is 0.391 e. The van der Waals surface area contributed by atoms with Crippen LogP contribution in [0, 0.1) is 41.4 Å². The van der Waals surface area contributed by atoms with Crippen LogP contribution in [0.1, 0.15) is 168 Å². The van der Waals surface area contributed by atoms with Crippen LogP contribution in [0.25, 0.3) is 0 Å². The number of nitrogens with zero attached hydrogens (tertiary/aromatic N) is 6. The van der Waals surface area contributed by atoms with Crippen LogP contribution < -0.4 is 26.6 Å². The molecule has 1 saturated carbocycles. The lowest BCUT2D eigenvalue weighted by molar-refractivity contribution is -0.155. The number of hydrogen-bond donors (Lipinski definition) is 7. The van der Waals surface area contributed by atoms with Gasteiger partial charge in [0, 0.05) is 42.3 Å². The maximum atomic E-state index is 15.1. The average Bonchev–Trinajstić information content (AvgIpc) is 3.15. The molecule has 13 atom stereocenters. The summed E-state index contributed by atoms with van der Waals surface area (Å²) < 4.78 is 0. The van der Waals surface area contributed by atoms with Gasteiger partial charge in [0.2, 0.25) is 65.0 Å². The van der Waals surface area contributed by atoms with Gasteiger partial charge in [-0.2, -0.15) is 0 Å². The highest BCUT2D eigenvalue weighted by atomic mass is 16.3. The topological polar surface area (TPSA) is 308 Å². The number of likely N-dealkylation sites (N-methyl/N-ethyl adjacent to an activating group) is 6. The van der Waals surface area contributed by atoms with E-state index >= 15 is 4.79 Å². The molecule has 0 aromatic carbocycles. The van der Waals surface area contributed by atoms with Gasteiger partial charge in [-0.1, -0.05) is 108 Å². The van der Waals surface area contributed by atoms with Crippen LogP contribution in [0.4, 0.5) is 0 Å². The van der Waals surface area contributed by atoms with Gasteiger partial charge in [0.25, 0.3) is 0 Å². The summed E-state index contributed by atoms with van der Waals surface area (Å²) in [5.41, 5.74) is 0. The molecule has 1 heterocycles. The van der Waals surface area contributed by atoms with Crippen molar-refractivity contribution in [1.82, 2.24) is 56.0 Å². The van der Waals surface area contributed by atoms with Gasteiger partial charge >= 0.3 is 0 Å². The number of aliphatic hydroxyl groups is 2. The average molecular weight is 1240 g/mol. The Hall–Kier alpha value is -6.17. The number of amides is 11. The first-order chi connectivity index (χ1) is 40.8. The Kier molecular flexibility index (Phi) is 31.8. The fourth-order valence-corrected chi connectivity index (χ4v) is 11.9. The Balaban J connectivity index is 2.99. The van der Waals surface area contributed by atoms with Gasteiger partial charge < -0.3 is 66.2 Å². The molecule has 2 rings (SSSR count). The Bertz CT molecular complexity index is 2410. The fraction of sp³-hybridized carbons (Fsp3) is 0.797. The van der Waals surface area contributed by atoms with Crippen molar-refractivity contribution in [2.24, 2.45) is 41.4 Å². The van der Waals surface area contributed by atoms with E-state index in [1.807, 2.05) is 55.4 Å². The van der Waals surface area contributed by atoms with Crippen LogP contribution in [0.15, 0.2) is 12.2 Å². The van der Waals surface area contributed by atoms with Gasteiger partial charge in [-0.05, 0) is 114 Å². The van der Waals surface area contributed by atoms with Crippen molar-refractivity contribution in [3.05, 3.63) is 12.2 Å². The molecule has 0 radical (unpaired) electrons. The Morgan fingerprint density at radius 1 is 0.477 bits per heavy atom. The molecule has 0 aromatic heterocycles. The van der Waals surface area contributed by atoms with E-state index in [9.17, 15) is 58.2 Å². The standard InChI is InChI=1S/C64H113N11O13/c1-22-23-27-40(12)54(78)53-59(83)69-50(43(15)76)63(87)70(16)34-49(77)73(19)52(44-28-25-24-26-29-44)58(82)68-45(30-35(2)3)61(85)72(18)47(32-37(6)7)56(80)65-41(13)55(79)66-42(14)60(84)71(17)48(33-38(8)9)57(81)67-46(31-36(4)5)62(86)74(20)51(39(10)11)64(88)75(53)21/h22-23,35-48,50-54,76,78H,24-34H2,1-21H3,(H,65,80)(H,66,79)(H,67,81)(H,68,82)(H,69,83)/b23-22+/t40-,41+,42-,43-,45+,46+,47+,48+,50+,51+,52+,53+,54-/m1/s1. The minimum absolute atomic E-state index is 0.0970. The number of aliphatic hydroxyl groups excluding tert-OH is 2. The van der Waals surface area contributed by atoms with Gasteiger partial charge in [-0.15, -0.1) is 0 Å². The van der Waals surface area contributed by atoms with E-state index in [4.69, 9.17) is 0 Å². The molecule has 24 heteroatoms. The molecular formula is C64H113N11O13. The van der Waals surface area contributed by atoms with Crippen molar-refractivity contribution in [2.75, 3.05) is 48.8 Å². The van der Waals surface area contributed by atoms with Crippen LogP contribution in [0.5, 0.6) is 0 Å². The SMILES string of the molecule is C/C=C/C[C@@H](C)[C@@H](O)[C@H]1C(=O)N[C@@H]([C@@H](C)O)C(=O)N(C)CC(=O)N(C)[C@@H](C2CCCCC2)C(=O)N[C@@H](CC(C)C)C(=O)N(C)[C@@H](CC(C)C)C(=O)N[C@@H](C)C(=O)N[C@H](C)C(=O)N(C)[C@@H](CC(C)C)C(=O)N[C@@H](CC(C)C)C(=O)N(C)[C@@H](C(C)C)C(=O)N1C. The number of nitrogens with one attached hydrogen (secondary N) is 5. The van der Waals surface area contributed by atoms with E-state index in [0.717, 1.165) is 29.1 Å². The molecule has 2 aliphatic rings. The van der Waals surface area contributed by atoms with Crippen molar-refractivity contribution < 1.29 is 63.0 Å². The van der Waals surface area contributed by atoms with E-state index in [0.29, 0.717) is 12.8 Å². The van der Waals surface area contributed by atoms with Crippen molar-refractivity contribution in [3.8, 4) is 0 Å². The summed E-state index contributed by atoms with van der Waals surface area (Å²) in [4.78, 5) is 168. The molecule has 0 spiro atoms. The first kappa shape index (κ1) is 77.9. The third-order valence-electron chi connectivity index (χ3n) is 17.1. The lowest BCUT2D eigenvalue weighted by atomic mass is 9.82. The monoisotopic (exact) mass is 1240 g/mol. The molecule has 7 N–H and O–H groups in total. The molecule has 1 saturated heterocycles. The van der Waals surface area contributed by atoms with Crippen LogP contribution in [0.2, 0.25) is 0 Å². The Labute approximate surface area is 525 Å². The summed E-state index contributed by atoms with van der Waals surface area (Å²) in [5.74, 6) is -10.4. The van der Waals surface area contributed by atoms with Crippen molar-refractivity contribution in [3.63, 3.8) is 0 Å². The minimum atomic E-state index is -1.74. The van der Waals surface area contributed by atoms with Gasteiger partial charge in [0.1, 0.15) is 60.4 Å². The molecular weight excluding hydrogens is 1130 g/mol. The van der Waals surface area contributed by atoms with Crippen LogP contribution in [-0.2, 0) is 52.7 Å². The quantitative estimate of drug-likeness (QED) is 0.116. The molecule has 11 amide bonds. The maximum Gasteiger partial charge on any atom is 0.248 e. The van der Waals surface area contributed by atoms with E-state index in [-0.39, 0.29) is 61.7 Å². The molecule has 502 valence electrons. The zero-order valence-electron chi connectivity index (χ0n) is 57.0. The predicted octanol–water partition coefficient (Wildman–Crippen LogP) is 2.82. The highest BCUT2D eigenvalue weighted by Crippen LogP contribution is 2.30. The Morgan fingerprint density at radius 2 is 0.920 bits per heavy atom. The normalized spacial score (nSPS) is 27.8. The summed E-state index contributed by atoms with van der Waals surface area (Å²) >= 11 is 0. The first-order valence-corrected chi connectivity index (χ1v) is 31.9. The molecule has 2 fully saturated rings. The van der Waals surface area contributed by atoms with Gasteiger partial charge in [-0.25, -0.2) is 0 Å². The molecule has 88 heavy (non-hydrogen) atoms. The molecule has 1 aliphatic heterocycles. The van der Waals surface area contributed by atoms with Crippen LogP contribution in [0.3, 0.4) is 0 Å². The van der Waals surface area contributed by atoms with Crippen molar-refractivity contribution in [2.45, 2.75) is 241 Å². The first-order valence-electron chi connectivity index (χ1n) is 31.9. The number of hydrogen-bond acceptors (Lipinski definition) is 13. The highest BCUT2D eigenvalue weighted by Gasteiger charge is 2.46. The number of rotatable bonds is 15. The second-order valence-electron chi connectivity index (χ2n) is 27.1. The summed E-state index contributed by atoms with van der Waals surface area (Å²) in [5, 5.41) is 37.1. The zero-order chi connectivity index (χ0) is 67.5. The molecule has 24 nitrogen and oxygen atoms in total. The second-order valence-corrected chi connectivity index (χ2v) is 27.1. The number of carbonyl (C=O) groups is 11. The Morgan fingerprint density at radius 3 is 1.39 bits per heavy atom. The lowest BCUT2D eigenvalue weighted by Gasteiger charge is -2.40. The van der Waals surface area contributed by atoms with Crippen molar-refractivity contribution in [1.29, 1.82) is 0 Å². The number of carbonyl (C=O) groups excluding carboxylic acids is 11. The summed E-state index contributed by atoms with van der Waals surface area (Å²) in [6.45, 7) is 25.2. The molecule has 1 aliphatic carbocycles. The number of allylic oxidation sites excluding steroid dienone is 2. The van der Waals surface area contributed by atoms with Gasteiger partial charge in [0.05, 0.1) is 18.8 Å². The van der Waals surface area contributed by atoms with Crippen molar-refractivity contribution >= 4 is 65.0 Å². The van der Waals surface area contributed by atoms with Gasteiger partial charge in [-0.3, -0.25) is 52.7 Å². The smallest absolute Gasteiger partial charge is 0.248 e. The molecule has 0 aromatic rings. The maximum absolute atomic E-state index is 15.1. The van der Waals surface area contributed by atoms with E-state index in [2.05, 4.69) is 26.6 Å².